The lowest BCUT2D eigenvalue weighted by Crippen LogP contribution is -2.34. The molecule has 25 heavy (non-hydrogen) atoms. The fourth-order valence-corrected chi connectivity index (χ4v) is 3.30. The Bertz CT molecular complexity index is 884. The standard InChI is InChI=1S/C18H19N5O2/c24-16(12-6-7-12)15-10-14-11-22(8-9-23(14)20-15)18-19-17(25-21-18)13-4-2-1-3-5-13/h1-5,10,12,16,24H,6-9,11H2/t16-/m1/s1. The van der Waals surface area contributed by atoms with Crippen molar-refractivity contribution in [1.82, 2.24) is 19.9 Å². The summed E-state index contributed by atoms with van der Waals surface area (Å²) in [4.78, 5) is 6.61. The molecule has 0 saturated heterocycles. The number of hydrogen-bond donors (Lipinski definition) is 1. The molecule has 1 aliphatic carbocycles. The van der Waals surface area contributed by atoms with E-state index in [1.54, 1.807) is 0 Å². The predicted octanol–water partition coefficient (Wildman–Crippen LogP) is 2.40. The van der Waals surface area contributed by atoms with Gasteiger partial charge >= 0.3 is 0 Å². The van der Waals surface area contributed by atoms with Gasteiger partial charge in [0.05, 0.1) is 24.5 Å². The predicted molar refractivity (Wildman–Crippen MR) is 90.7 cm³/mol. The molecule has 3 heterocycles. The van der Waals surface area contributed by atoms with Crippen LogP contribution in [0, 0.1) is 5.92 Å². The molecule has 1 atom stereocenters. The summed E-state index contributed by atoms with van der Waals surface area (Å²) < 4.78 is 7.39. The van der Waals surface area contributed by atoms with Gasteiger partial charge in [0, 0.05) is 12.1 Å². The van der Waals surface area contributed by atoms with Crippen LogP contribution in [0.3, 0.4) is 0 Å². The van der Waals surface area contributed by atoms with Crippen LogP contribution in [-0.4, -0.2) is 31.6 Å². The van der Waals surface area contributed by atoms with Crippen molar-refractivity contribution in [3.8, 4) is 11.5 Å². The van der Waals surface area contributed by atoms with Gasteiger partial charge in [-0.05, 0) is 42.1 Å². The Morgan fingerprint density at radius 1 is 1.16 bits per heavy atom. The zero-order valence-electron chi connectivity index (χ0n) is 13.7. The van der Waals surface area contributed by atoms with E-state index in [9.17, 15) is 5.11 Å². The lowest BCUT2D eigenvalue weighted by molar-refractivity contribution is 0.148. The second-order valence-corrected chi connectivity index (χ2v) is 6.75. The smallest absolute Gasteiger partial charge is 0.266 e. The molecule has 0 amide bonds. The van der Waals surface area contributed by atoms with Crippen LogP contribution in [0.2, 0.25) is 0 Å². The van der Waals surface area contributed by atoms with Crippen molar-refractivity contribution >= 4 is 5.95 Å². The highest BCUT2D eigenvalue weighted by atomic mass is 16.5. The van der Waals surface area contributed by atoms with Gasteiger partial charge < -0.3 is 14.5 Å². The largest absolute Gasteiger partial charge is 0.386 e. The van der Waals surface area contributed by atoms with Crippen LogP contribution >= 0.6 is 0 Å². The van der Waals surface area contributed by atoms with Crippen molar-refractivity contribution in [3.63, 3.8) is 0 Å². The van der Waals surface area contributed by atoms with E-state index in [1.165, 1.54) is 0 Å². The van der Waals surface area contributed by atoms with E-state index in [-0.39, 0.29) is 0 Å². The summed E-state index contributed by atoms with van der Waals surface area (Å²) in [6.45, 7) is 2.18. The molecule has 0 spiro atoms. The van der Waals surface area contributed by atoms with Crippen molar-refractivity contribution in [2.75, 3.05) is 11.4 Å². The molecule has 1 saturated carbocycles. The molecule has 128 valence electrons. The molecule has 1 N–H and O–H groups in total. The molecule has 5 rings (SSSR count). The van der Waals surface area contributed by atoms with E-state index in [0.717, 1.165) is 42.9 Å². The number of fused-ring (bicyclic) bond motifs is 1. The summed E-state index contributed by atoms with van der Waals surface area (Å²) >= 11 is 0. The normalized spacial score (nSPS) is 18.2. The number of anilines is 1. The lowest BCUT2D eigenvalue weighted by atomic mass is 10.1. The molecule has 7 nitrogen and oxygen atoms in total. The van der Waals surface area contributed by atoms with Crippen molar-refractivity contribution in [1.29, 1.82) is 0 Å². The van der Waals surface area contributed by atoms with Crippen LogP contribution < -0.4 is 4.90 Å². The van der Waals surface area contributed by atoms with Gasteiger partial charge in [0.2, 0.25) is 0 Å². The molecule has 2 aliphatic rings. The van der Waals surface area contributed by atoms with E-state index in [0.29, 0.717) is 24.3 Å². The first kappa shape index (κ1) is 14.7. The van der Waals surface area contributed by atoms with E-state index >= 15 is 0 Å². The summed E-state index contributed by atoms with van der Waals surface area (Å²) in [6, 6.07) is 11.8. The minimum Gasteiger partial charge on any atom is -0.386 e. The van der Waals surface area contributed by atoms with E-state index in [1.807, 2.05) is 41.1 Å². The second kappa shape index (κ2) is 5.70. The van der Waals surface area contributed by atoms with Crippen LogP contribution in [0.25, 0.3) is 11.5 Å². The van der Waals surface area contributed by atoms with Crippen LogP contribution in [0.15, 0.2) is 40.9 Å². The molecular weight excluding hydrogens is 318 g/mol. The van der Waals surface area contributed by atoms with Crippen molar-refractivity contribution in [2.24, 2.45) is 5.92 Å². The van der Waals surface area contributed by atoms with E-state index in [4.69, 9.17) is 4.52 Å². The molecular formula is C18H19N5O2. The molecule has 1 aromatic carbocycles. The fraction of sp³-hybridized carbons (Fsp3) is 0.389. The Morgan fingerprint density at radius 2 is 2.00 bits per heavy atom. The number of rotatable bonds is 4. The molecule has 1 fully saturated rings. The van der Waals surface area contributed by atoms with Crippen LogP contribution in [0.4, 0.5) is 5.95 Å². The van der Waals surface area contributed by atoms with Crippen molar-refractivity contribution in [3.05, 3.63) is 47.8 Å². The maximum atomic E-state index is 10.3. The monoisotopic (exact) mass is 337 g/mol. The maximum absolute atomic E-state index is 10.3. The highest BCUT2D eigenvalue weighted by Gasteiger charge is 2.33. The van der Waals surface area contributed by atoms with Gasteiger partial charge in [-0.2, -0.15) is 10.1 Å². The highest BCUT2D eigenvalue weighted by Crippen LogP contribution is 2.40. The number of aliphatic hydroxyl groups excluding tert-OH is 1. The first-order valence-corrected chi connectivity index (χ1v) is 8.67. The molecule has 0 unspecified atom stereocenters. The Hall–Kier alpha value is -2.67. The van der Waals surface area contributed by atoms with Crippen molar-refractivity contribution in [2.45, 2.75) is 32.0 Å². The molecule has 7 heteroatoms. The first-order chi connectivity index (χ1) is 12.3. The summed E-state index contributed by atoms with van der Waals surface area (Å²) in [7, 11) is 0. The molecule has 0 radical (unpaired) electrons. The third-order valence-electron chi connectivity index (χ3n) is 4.91. The number of benzene rings is 1. The zero-order valence-corrected chi connectivity index (χ0v) is 13.7. The zero-order chi connectivity index (χ0) is 16.8. The molecule has 2 aromatic heterocycles. The molecule has 1 aliphatic heterocycles. The SMILES string of the molecule is O[C@@H](c1cc2n(n1)CCN(c1noc(-c3ccccc3)n1)C2)C1CC1. The minimum atomic E-state index is -0.429. The van der Waals surface area contributed by atoms with Crippen molar-refractivity contribution < 1.29 is 9.63 Å². The minimum absolute atomic E-state index is 0.388. The Labute approximate surface area is 144 Å². The lowest BCUT2D eigenvalue weighted by Gasteiger charge is -2.25. The van der Waals surface area contributed by atoms with Crippen LogP contribution in [0.5, 0.6) is 0 Å². The Morgan fingerprint density at radius 3 is 2.80 bits per heavy atom. The van der Waals surface area contributed by atoms with Crippen LogP contribution in [0.1, 0.15) is 30.3 Å². The topological polar surface area (TPSA) is 80.2 Å². The molecule has 3 aromatic rings. The summed E-state index contributed by atoms with van der Waals surface area (Å²) in [5.41, 5.74) is 2.78. The fourth-order valence-electron chi connectivity index (χ4n) is 3.30. The van der Waals surface area contributed by atoms with Gasteiger partial charge in [-0.1, -0.05) is 18.2 Å². The average molecular weight is 337 g/mol. The maximum Gasteiger partial charge on any atom is 0.266 e. The summed E-state index contributed by atoms with van der Waals surface area (Å²) in [6.07, 6.45) is 1.77. The first-order valence-electron chi connectivity index (χ1n) is 8.67. The van der Waals surface area contributed by atoms with Gasteiger partial charge in [-0.25, -0.2) is 0 Å². The summed E-state index contributed by atoms with van der Waals surface area (Å²) in [5, 5.41) is 19.0. The highest BCUT2D eigenvalue weighted by molar-refractivity contribution is 5.54. The third-order valence-corrected chi connectivity index (χ3v) is 4.91. The quantitative estimate of drug-likeness (QED) is 0.787. The second-order valence-electron chi connectivity index (χ2n) is 6.75. The number of nitrogens with zero attached hydrogens (tertiary/aromatic N) is 5. The number of aliphatic hydroxyl groups is 1. The van der Waals surface area contributed by atoms with Gasteiger partial charge in [-0.3, -0.25) is 4.68 Å². The van der Waals surface area contributed by atoms with Gasteiger partial charge in [-0.15, -0.1) is 0 Å². The van der Waals surface area contributed by atoms with Crippen LogP contribution in [-0.2, 0) is 13.1 Å². The van der Waals surface area contributed by atoms with E-state index < -0.39 is 6.10 Å². The Kier molecular flexibility index (Phi) is 3.34. The molecule has 0 bridgehead atoms. The van der Waals surface area contributed by atoms with Gasteiger partial charge in [0.15, 0.2) is 0 Å². The number of aromatic nitrogens is 4. The number of hydrogen-bond acceptors (Lipinski definition) is 6. The third kappa shape index (κ3) is 2.70. The summed E-state index contributed by atoms with van der Waals surface area (Å²) in [5.74, 6) is 1.51. The van der Waals surface area contributed by atoms with E-state index in [2.05, 4.69) is 20.1 Å². The average Bonchev–Trinajstić information content (AvgIpc) is 3.23. The Balaban J connectivity index is 1.36. The van der Waals surface area contributed by atoms with Gasteiger partial charge in [0.25, 0.3) is 11.8 Å². The van der Waals surface area contributed by atoms with Gasteiger partial charge in [0.1, 0.15) is 6.10 Å².